The van der Waals surface area contributed by atoms with Gasteiger partial charge in [-0.1, -0.05) is 13.3 Å². The second kappa shape index (κ2) is 10.5. The number of anilines is 1. The molecule has 6 N–H and O–H groups in total. The first-order valence-electron chi connectivity index (χ1n) is 10.9. The van der Waals surface area contributed by atoms with Gasteiger partial charge in [0.1, 0.15) is 4.90 Å². The van der Waals surface area contributed by atoms with Gasteiger partial charge in [-0.05, 0) is 37.5 Å². The van der Waals surface area contributed by atoms with Crippen molar-refractivity contribution in [1.82, 2.24) is 15.1 Å². The van der Waals surface area contributed by atoms with Gasteiger partial charge in [0.25, 0.3) is 20.2 Å². The molecule has 2 aliphatic rings. The van der Waals surface area contributed by atoms with Gasteiger partial charge in [0.15, 0.2) is 6.29 Å². The van der Waals surface area contributed by atoms with Crippen LogP contribution in [0.25, 0.3) is 0 Å². The van der Waals surface area contributed by atoms with E-state index in [1.54, 1.807) is 11.9 Å². The molecule has 15 heteroatoms. The lowest BCUT2D eigenvalue weighted by Gasteiger charge is -2.47. The minimum atomic E-state index is -4.72. The van der Waals surface area contributed by atoms with Crippen LogP contribution in [0.1, 0.15) is 32.6 Å². The standard InChI is InChI=1S/C19H31N7O6S2/c1-3-13-6-4-5-11-26(13)19-24-17(21-10-9-20)23-18(25(19)2)22-15-12-14(33(27,28)29)7-8-16(15)34(30,31)32/h7-8,12-13,19H,3-6,9-11,20H2,1-2H3,(H,27,28,29)(H,30,31,32)(H2,21,22,23,24). The Kier molecular flexibility index (Phi) is 8.15. The highest BCUT2D eigenvalue weighted by molar-refractivity contribution is 7.86. The Labute approximate surface area is 199 Å². The molecule has 0 radical (unpaired) electrons. The molecule has 2 unspecified atom stereocenters. The maximum Gasteiger partial charge on any atom is 0.296 e. The smallest absolute Gasteiger partial charge is 0.296 e. The maximum atomic E-state index is 11.9. The van der Waals surface area contributed by atoms with Crippen LogP contribution in [0, 0.1) is 0 Å². The lowest BCUT2D eigenvalue weighted by atomic mass is 10.00. The van der Waals surface area contributed by atoms with Crippen molar-refractivity contribution in [3.05, 3.63) is 18.2 Å². The first-order valence-corrected chi connectivity index (χ1v) is 13.8. The number of likely N-dealkylation sites (tertiary alicyclic amines) is 1. The molecule has 0 aliphatic carbocycles. The van der Waals surface area contributed by atoms with Crippen LogP contribution in [0.5, 0.6) is 0 Å². The van der Waals surface area contributed by atoms with E-state index in [0.717, 1.165) is 50.4 Å². The van der Waals surface area contributed by atoms with E-state index in [-0.39, 0.29) is 23.9 Å². The Bertz CT molecular complexity index is 1170. The summed E-state index contributed by atoms with van der Waals surface area (Å²) in [6.07, 6.45) is 3.73. The molecule has 0 aromatic heterocycles. The Morgan fingerprint density at radius 2 is 1.97 bits per heavy atom. The number of benzene rings is 1. The molecule has 0 amide bonds. The summed E-state index contributed by atoms with van der Waals surface area (Å²) in [6, 6.07) is 2.99. The van der Waals surface area contributed by atoms with E-state index in [1.807, 2.05) is 0 Å². The number of hydrogen-bond acceptors (Lipinski definition) is 9. The lowest BCUT2D eigenvalue weighted by molar-refractivity contribution is 0.0233. The van der Waals surface area contributed by atoms with E-state index in [1.165, 1.54) is 0 Å². The zero-order valence-electron chi connectivity index (χ0n) is 19.0. The maximum absolute atomic E-state index is 11.9. The fraction of sp³-hybridized carbons (Fsp3) is 0.579. The molecule has 0 saturated carbocycles. The van der Waals surface area contributed by atoms with Crippen molar-refractivity contribution in [2.24, 2.45) is 15.7 Å². The molecule has 34 heavy (non-hydrogen) atoms. The van der Waals surface area contributed by atoms with Gasteiger partial charge in [-0.15, -0.1) is 0 Å². The van der Waals surface area contributed by atoms with Gasteiger partial charge in [-0.25, -0.2) is 4.99 Å². The first-order chi connectivity index (χ1) is 16.0. The van der Waals surface area contributed by atoms with E-state index in [0.29, 0.717) is 19.1 Å². The SMILES string of the molecule is CCC1CCCCN1C1NC(=NCCN)N=C(Nc2cc(S(=O)(=O)O)ccc2S(=O)(=O)O)N1C. The molecule has 3 rings (SSSR count). The molecular formula is C19H31N7O6S2. The number of nitrogens with zero attached hydrogens (tertiary/aromatic N) is 4. The molecule has 13 nitrogen and oxygen atoms in total. The van der Waals surface area contributed by atoms with Crippen molar-refractivity contribution < 1.29 is 25.9 Å². The summed E-state index contributed by atoms with van der Waals surface area (Å²) in [5, 5.41) is 6.09. The van der Waals surface area contributed by atoms with Crippen LogP contribution in [-0.4, -0.2) is 86.7 Å². The van der Waals surface area contributed by atoms with Gasteiger partial charge in [-0.3, -0.25) is 14.0 Å². The van der Waals surface area contributed by atoms with E-state index in [2.05, 4.69) is 32.4 Å². The molecular weight excluding hydrogens is 486 g/mol. The predicted octanol–water partition coefficient (Wildman–Crippen LogP) is 0.346. The first kappa shape index (κ1) is 26.3. The molecule has 1 aromatic rings. The summed E-state index contributed by atoms with van der Waals surface area (Å²) in [6.45, 7) is 3.55. The Balaban J connectivity index is 2.05. The quantitative estimate of drug-likeness (QED) is 0.314. The van der Waals surface area contributed by atoms with Crippen molar-refractivity contribution >= 4 is 37.8 Å². The average Bonchev–Trinajstić information content (AvgIpc) is 2.78. The minimum absolute atomic E-state index is 0.164. The zero-order chi connectivity index (χ0) is 25.1. The third kappa shape index (κ3) is 6.03. The van der Waals surface area contributed by atoms with E-state index in [4.69, 9.17) is 5.73 Å². The normalized spacial score (nSPS) is 23.5. The van der Waals surface area contributed by atoms with E-state index < -0.39 is 30.0 Å². The molecule has 0 bridgehead atoms. The van der Waals surface area contributed by atoms with Crippen LogP contribution in [0.2, 0.25) is 0 Å². The van der Waals surface area contributed by atoms with E-state index in [9.17, 15) is 25.9 Å². The molecule has 1 fully saturated rings. The molecule has 2 aliphatic heterocycles. The van der Waals surface area contributed by atoms with Gasteiger partial charge >= 0.3 is 0 Å². The molecule has 0 spiro atoms. The summed E-state index contributed by atoms with van der Waals surface area (Å²) in [5.74, 6) is 0.438. The summed E-state index contributed by atoms with van der Waals surface area (Å²) >= 11 is 0. The van der Waals surface area contributed by atoms with Crippen molar-refractivity contribution in [2.75, 3.05) is 32.0 Å². The average molecular weight is 518 g/mol. The van der Waals surface area contributed by atoms with Gasteiger partial charge in [0.2, 0.25) is 11.9 Å². The Morgan fingerprint density at radius 3 is 2.59 bits per heavy atom. The minimum Gasteiger partial charge on any atom is -0.329 e. The number of rotatable bonds is 7. The fourth-order valence-corrected chi connectivity index (χ4v) is 5.24. The molecule has 1 aromatic carbocycles. The van der Waals surface area contributed by atoms with Gasteiger partial charge in [0, 0.05) is 26.2 Å². The lowest BCUT2D eigenvalue weighted by Crippen LogP contribution is -2.65. The topological polar surface area (TPSA) is 190 Å². The zero-order valence-corrected chi connectivity index (χ0v) is 20.7. The number of nitrogens with one attached hydrogen (secondary N) is 2. The van der Waals surface area contributed by atoms with Crippen molar-refractivity contribution in [3.8, 4) is 0 Å². The fourth-order valence-electron chi connectivity index (χ4n) is 4.11. The molecule has 1 saturated heterocycles. The Hall–Kier alpha value is -2.30. The summed E-state index contributed by atoms with van der Waals surface area (Å²) in [7, 11) is -7.61. The highest BCUT2D eigenvalue weighted by Crippen LogP contribution is 2.27. The highest BCUT2D eigenvalue weighted by atomic mass is 32.2. The van der Waals surface area contributed by atoms with Crippen LogP contribution < -0.4 is 16.4 Å². The van der Waals surface area contributed by atoms with Gasteiger partial charge < -0.3 is 21.3 Å². The number of nitrogens with two attached hydrogens (primary N) is 1. The number of aliphatic imine (C=N–C) groups is 2. The van der Waals surface area contributed by atoms with E-state index >= 15 is 0 Å². The van der Waals surface area contributed by atoms with Crippen molar-refractivity contribution in [1.29, 1.82) is 0 Å². The monoisotopic (exact) mass is 517 g/mol. The third-order valence-electron chi connectivity index (χ3n) is 5.79. The third-order valence-corrected chi connectivity index (χ3v) is 7.55. The largest absolute Gasteiger partial charge is 0.329 e. The number of hydrogen-bond donors (Lipinski definition) is 5. The highest BCUT2D eigenvalue weighted by Gasteiger charge is 2.35. The second-order valence-corrected chi connectivity index (χ2v) is 10.9. The predicted molar refractivity (Wildman–Crippen MR) is 128 cm³/mol. The number of piperidine rings is 1. The Morgan fingerprint density at radius 1 is 1.24 bits per heavy atom. The van der Waals surface area contributed by atoms with Crippen LogP contribution in [0.4, 0.5) is 5.69 Å². The summed E-state index contributed by atoms with van der Waals surface area (Å²) in [4.78, 5) is 11.6. The van der Waals surface area contributed by atoms with Crippen molar-refractivity contribution in [3.63, 3.8) is 0 Å². The molecule has 190 valence electrons. The molecule has 2 heterocycles. The van der Waals surface area contributed by atoms with Crippen LogP contribution in [-0.2, 0) is 20.2 Å². The molecule has 2 atom stereocenters. The summed E-state index contributed by atoms with van der Waals surface area (Å²) < 4.78 is 66.2. The summed E-state index contributed by atoms with van der Waals surface area (Å²) in [5.41, 5.74) is 5.31. The number of guanidine groups is 2. The van der Waals surface area contributed by atoms with Gasteiger partial charge in [-0.2, -0.15) is 21.8 Å². The van der Waals surface area contributed by atoms with Crippen LogP contribution >= 0.6 is 0 Å². The van der Waals surface area contributed by atoms with Crippen LogP contribution in [0.15, 0.2) is 38.0 Å². The van der Waals surface area contributed by atoms with Crippen molar-refractivity contribution in [2.45, 2.75) is 54.7 Å². The van der Waals surface area contributed by atoms with Crippen LogP contribution in [0.3, 0.4) is 0 Å². The second-order valence-electron chi connectivity index (χ2n) is 8.09. The van der Waals surface area contributed by atoms with Gasteiger partial charge in [0.05, 0.1) is 17.1 Å².